The first-order valence-electron chi connectivity index (χ1n) is 9.97. The molecule has 4 aromatic rings. The van der Waals surface area contributed by atoms with Gasteiger partial charge in [-0.2, -0.15) is 0 Å². The molecule has 4 heteroatoms. The van der Waals surface area contributed by atoms with Gasteiger partial charge in [0, 0.05) is 17.7 Å². The monoisotopic (exact) mass is 397 g/mol. The second-order valence-electron chi connectivity index (χ2n) is 7.57. The smallest absolute Gasteiger partial charge is 0.252 e. The molecule has 4 nitrogen and oxygen atoms in total. The Morgan fingerprint density at radius 2 is 1.40 bits per heavy atom. The predicted molar refractivity (Wildman–Crippen MR) is 122 cm³/mol. The number of hydrogen-bond donors (Lipinski definition) is 2. The predicted octanol–water partition coefficient (Wildman–Crippen LogP) is 5.11. The van der Waals surface area contributed by atoms with Gasteiger partial charge >= 0.3 is 0 Å². The lowest BCUT2D eigenvalue weighted by Crippen LogP contribution is -2.24. The van der Waals surface area contributed by atoms with Crippen molar-refractivity contribution in [2.45, 2.75) is 26.4 Å². The Hall–Kier alpha value is -3.50. The summed E-state index contributed by atoms with van der Waals surface area (Å²) in [7, 11) is 0. The van der Waals surface area contributed by atoms with Gasteiger partial charge in [0.25, 0.3) is 5.91 Å². The highest BCUT2D eigenvalue weighted by Crippen LogP contribution is 2.41. The van der Waals surface area contributed by atoms with E-state index < -0.39 is 12.0 Å². The van der Waals surface area contributed by atoms with Gasteiger partial charge in [0.1, 0.15) is 11.9 Å². The van der Waals surface area contributed by atoms with Crippen molar-refractivity contribution in [3.8, 4) is 11.1 Å². The molecular formula is C26H23NO3. The average Bonchev–Trinajstić information content (AvgIpc) is 2.73. The molecule has 0 bridgehead atoms. The minimum Gasteiger partial charge on any atom is -0.384 e. The lowest BCUT2D eigenvalue weighted by molar-refractivity contribution is -0.123. The van der Waals surface area contributed by atoms with Gasteiger partial charge in [0.05, 0.1) is 0 Å². The van der Waals surface area contributed by atoms with E-state index in [4.69, 9.17) is 0 Å². The largest absolute Gasteiger partial charge is 0.384 e. The molecule has 4 aromatic carbocycles. The molecule has 0 fully saturated rings. The van der Waals surface area contributed by atoms with Crippen molar-refractivity contribution < 1.29 is 14.7 Å². The van der Waals surface area contributed by atoms with Gasteiger partial charge in [0.2, 0.25) is 0 Å². The number of anilines is 1. The molecule has 0 heterocycles. The van der Waals surface area contributed by atoms with E-state index in [1.807, 2.05) is 72.8 Å². The van der Waals surface area contributed by atoms with E-state index in [1.54, 1.807) is 6.92 Å². The molecule has 0 saturated heterocycles. The number of aliphatic hydroxyl groups is 1. The number of nitrogens with one attached hydrogen (secondary N) is 1. The molecule has 0 spiro atoms. The SMILES string of the molecule is CC(=O)Cc1ccc2ccccc2c1-c1c(NC(=O)C(C)O)ccc2ccccc12. The summed E-state index contributed by atoms with van der Waals surface area (Å²) in [4.78, 5) is 24.4. The van der Waals surface area contributed by atoms with Crippen LogP contribution in [0.5, 0.6) is 0 Å². The van der Waals surface area contributed by atoms with E-state index in [2.05, 4.69) is 5.32 Å². The number of fused-ring (bicyclic) bond motifs is 2. The Labute approximate surface area is 175 Å². The second kappa shape index (κ2) is 8.09. The minimum absolute atomic E-state index is 0.0707. The molecule has 4 rings (SSSR count). The summed E-state index contributed by atoms with van der Waals surface area (Å²) < 4.78 is 0. The van der Waals surface area contributed by atoms with E-state index in [0.717, 1.165) is 38.2 Å². The van der Waals surface area contributed by atoms with Gasteiger partial charge in [-0.1, -0.05) is 66.7 Å². The first-order chi connectivity index (χ1) is 14.5. The van der Waals surface area contributed by atoms with Crippen LogP contribution in [-0.4, -0.2) is 22.9 Å². The minimum atomic E-state index is -1.13. The topological polar surface area (TPSA) is 66.4 Å². The zero-order chi connectivity index (χ0) is 21.3. The molecule has 30 heavy (non-hydrogen) atoms. The quantitative estimate of drug-likeness (QED) is 0.492. The number of ketones is 1. The molecule has 0 radical (unpaired) electrons. The second-order valence-corrected chi connectivity index (χ2v) is 7.57. The highest BCUT2D eigenvalue weighted by Gasteiger charge is 2.19. The number of aliphatic hydroxyl groups excluding tert-OH is 1. The zero-order valence-corrected chi connectivity index (χ0v) is 17.0. The van der Waals surface area contributed by atoms with Crippen LogP contribution in [0.3, 0.4) is 0 Å². The van der Waals surface area contributed by atoms with E-state index >= 15 is 0 Å². The Kier molecular flexibility index (Phi) is 5.34. The van der Waals surface area contributed by atoms with Crippen molar-refractivity contribution in [2.75, 3.05) is 5.32 Å². The van der Waals surface area contributed by atoms with Crippen LogP contribution in [0.2, 0.25) is 0 Å². The lowest BCUT2D eigenvalue weighted by Gasteiger charge is -2.20. The zero-order valence-electron chi connectivity index (χ0n) is 17.0. The number of benzene rings is 4. The van der Waals surface area contributed by atoms with Gasteiger partial charge in [0.15, 0.2) is 0 Å². The fourth-order valence-electron chi connectivity index (χ4n) is 3.91. The number of amides is 1. The fourth-order valence-corrected chi connectivity index (χ4v) is 3.91. The molecule has 0 saturated carbocycles. The maximum atomic E-state index is 12.3. The number of Topliss-reactive ketones (excluding diaryl/α,β-unsaturated/α-hetero) is 1. The Morgan fingerprint density at radius 3 is 2.00 bits per heavy atom. The number of carbonyl (C=O) groups excluding carboxylic acids is 2. The summed E-state index contributed by atoms with van der Waals surface area (Å²) >= 11 is 0. The van der Waals surface area contributed by atoms with Gasteiger partial charge in [-0.05, 0) is 52.6 Å². The van der Waals surface area contributed by atoms with Crippen LogP contribution < -0.4 is 5.32 Å². The molecule has 1 unspecified atom stereocenters. The van der Waals surface area contributed by atoms with Crippen molar-refractivity contribution in [3.63, 3.8) is 0 Å². The van der Waals surface area contributed by atoms with Crippen LogP contribution in [0.4, 0.5) is 5.69 Å². The van der Waals surface area contributed by atoms with Crippen molar-refractivity contribution >= 4 is 38.9 Å². The van der Waals surface area contributed by atoms with Crippen LogP contribution in [0, 0.1) is 0 Å². The van der Waals surface area contributed by atoms with E-state index in [1.165, 1.54) is 6.92 Å². The van der Waals surface area contributed by atoms with Crippen LogP contribution in [0.15, 0.2) is 72.8 Å². The number of hydrogen-bond acceptors (Lipinski definition) is 3. The van der Waals surface area contributed by atoms with E-state index in [-0.39, 0.29) is 5.78 Å². The molecule has 1 amide bonds. The van der Waals surface area contributed by atoms with Crippen molar-refractivity contribution in [3.05, 3.63) is 78.4 Å². The number of carbonyl (C=O) groups is 2. The maximum Gasteiger partial charge on any atom is 0.252 e. The summed E-state index contributed by atoms with van der Waals surface area (Å²) in [5.41, 5.74) is 3.31. The van der Waals surface area contributed by atoms with Crippen LogP contribution in [0.1, 0.15) is 19.4 Å². The van der Waals surface area contributed by atoms with Crippen LogP contribution >= 0.6 is 0 Å². The van der Waals surface area contributed by atoms with Crippen molar-refractivity contribution in [1.29, 1.82) is 0 Å². The molecule has 2 N–H and O–H groups in total. The van der Waals surface area contributed by atoms with Gasteiger partial charge in [-0.25, -0.2) is 0 Å². The van der Waals surface area contributed by atoms with Gasteiger partial charge in [-0.15, -0.1) is 0 Å². The van der Waals surface area contributed by atoms with Gasteiger partial charge in [-0.3, -0.25) is 9.59 Å². The summed E-state index contributed by atoms with van der Waals surface area (Å²) in [6.45, 7) is 3.02. The van der Waals surface area contributed by atoms with Crippen molar-refractivity contribution in [2.24, 2.45) is 0 Å². The normalized spacial score (nSPS) is 12.1. The molecule has 0 aliphatic carbocycles. The summed E-state index contributed by atoms with van der Waals surface area (Å²) in [5, 5.41) is 16.7. The Bertz CT molecular complexity index is 1270. The van der Waals surface area contributed by atoms with E-state index in [0.29, 0.717) is 12.1 Å². The Balaban J connectivity index is 2.11. The van der Waals surface area contributed by atoms with Crippen LogP contribution in [0.25, 0.3) is 32.7 Å². The first kappa shape index (κ1) is 19.8. The molecule has 150 valence electrons. The molecule has 1 atom stereocenters. The highest BCUT2D eigenvalue weighted by atomic mass is 16.3. The summed E-state index contributed by atoms with van der Waals surface area (Å²) in [6.07, 6.45) is -0.832. The van der Waals surface area contributed by atoms with Gasteiger partial charge < -0.3 is 10.4 Å². The summed E-state index contributed by atoms with van der Waals surface area (Å²) in [6, 6.07) is 23.8. The average molecular weight is 397 g/mol. The molecular weight excluding hydrogens is 374 g/mol. The summed E-state index contributed by atoms with van der Waals surface area (Å²) in [5.74, 6) is -0.402. The lowest BCUT2D eigenvalue weighted by atomic mass is 9.87. The highest BCUT2D eigenvalue weighted by molar-refractivity contribution is 6.13. The fraction of sp³-hybridized carbons (Fsp3) is 0.154. The third-order valence-corrected chi connectivity index (χ3v) is 5.27. The van der Waals surface area contributed by atoms with Crippen molar-refractivity contribution in [1.82, 2.24) is 0 Å². The maximum absolute atomic E-state index is 12.3. The third-order valence-electron chi connectivity index (χ3n) is 5.27. The Morgan fingerprint density at radius 1 is 0.833 bits per heavy atom. The van der Waals surface area contributed by atoms with E-state index in [9.17, 15) is 14.7 Å². The number of rotatable bonds is 5. The van der Waals surface area contributed by atoms with Crippen LogP contribution in [-0.2, 0) is 16.0 Å². The molecule has 0 aliphatic rings. The molecule has 0 aliphatic heterocycles. The standard InChI is InChI=1S/C26H23NO3/c1-16(28)15-20-12-11-18-7-3-5-9-21(18)24(20)25-22-10-6-4-8-19(22)13-14-23(25)27-26(30)17(2)29/h3-14,17,29H,15H2,1-2H3,(H,27,30). The first-order valence-corrected chi connectivity index (χ1v) is 9.97. The third kappa shape index (κ3) is 3.70. The molecule has 0 aromatic heterocycles.